The highest BCUT2D eigenvalue weighted by Crippen LogP contribution is 2.41. The molecule has 0 radical (unpaired) electrons. The molecule has 0 aliphatic rings. The van der Waals surface area contributed by atoms with Crippen LogP contribution in [0.5, 0.6) is 5.75 Å². The summed E-state index contributed by atoms with van der Waals surface area (Å²) in [5.74, 6) is 0.0579. The van der Waals surface area contributed by atoms with E-state index in [4.69, 9.17) is 10.00 Å². The molecule has 0 saturated carbocycles. The van der Waals surface area contributed by atoms with E-state index in [-0.39, 0.29) is 29.0 Å². The molecule has 23 heavy (non-hydrogen) atoms. The number of nitriles is 1. The Morgan fingerprint density at radius 2 is 1.78 bits per heavy atom. The van der Waals surface area contributed by atoms with Crippen LogP contribution in [0.3, 0.4) is 0 Å². The molecule has 0 fully saturated rings. The maximum absolute atomic E-state index is 12.5. The lowest BCUT2D eigenvalue weighted by Crippen LogP contribution is -2.10. The molecule has 0 amide bonds. The van der Waals surface area contributed by atoms with E-state index in [1.807, 2.05) is 6.07 Å². The van der Waals surface area contributed by atoms with Crippen LogP contribution >= 0.6 is 11.8 Å². The molecule has 0 spiro atoms. The number of thioether (sulfide) groups is 1. The second-order valence-corrected chi connectivity index (χ2v) is 5.66. The fraction of sp³-hybridized carbons (Fsp3) is 0.188. The summed E-state index contributed by atoms with van der Waals surface area (Å²) in [5, 5.41) is 18.7. The van der Waals surface area contributed by atoms with Gasteiger partial charge in [0.05, 0.1) is 16.5 Å². The highest BCUT2D eigenvalue weighted by atomic mass is 32.2. The van der Waals surface area contributed by atoms with Crippen molar-refractivity contribution in [1.82, 2.24) is 0 Å². The first-order chi connectivity index (χ1) is 10.9. The van der Waals surface area contributed by atoms with Gasteiger partial charge in [-0.15, -0.1) is 0 Å². The minimum Gasteiger partial charge on any atom is -0.489 e. The fourth-order valence-corrected chi connectivity index (χ4v) is 2.45. The molecular weight excluding hydrogens is 327 g/mol. The van der Waals surface area contributed by atoms with Crippen LogP contribution in [0.1, 0.15) is 17.2 Å². The molecule has 0 bridgehead atoms. The first-order valence-corrected chi connectivity index (χ1v) is 7.36. The van der Waals surface area contributed by atoms with Crippen LogP contribution in [0.15, 0.2) is 53.4 Å². The van der Waals surface area contributed by atoms with Gasteiger partial charge >= 0.3 is 5.51 Å². The van der Waals surface area contributed by atoms with Crippen LogP contribution in [0, 0.1) is 11.3 Å². The molecule has 7 heteroatoms. The summed E-state index contributed by atoms with van der Waals surface area (Å²) < 4.78 is 42.8. The van der Waals surface area contributed by atoms with Crippen molar-refractivity contribution in [2.24, 2.45) is 0 Å². The zero-order valence-electron chi connectivity index (χ0n) is 11.7. The molecule has 2 aromatic rings. The van der Waals surface area contributed by atoms with Crippen molar-refractivity contribution in [2.75, 3.05) is 6.61 Å². The molecular formula is C16H12F3NO2S. The molecule has 1 unspecified atom stereocenters. The zero-order chi connectivity index (χ0) is 16.9. The highest BCUT2D eigenvalue weighted by Gasteiger charge is 2.30. The van der Waals surface area contributed by atoms with Gasteiger partial charge < -0.3 is 9.84 Å². The van der Waals surface area contributed by atoms with Crippen LogP contribution in [-0.4, -0.2) is 17.2 Å². The van der Waals surface area contributed by atoms with Crippen molar-refractivity contribution >= 4 is 11.8 Å². The van der Waals surface area contributed by atoms with E-state index in [0.717, 1.165) is 0 Å². The lowest BCUT2D eigenvalue weighted by Gasteiger charge is -2.15. The smallest absolute Gasteiger partial charge is 0.446 e. The van der Waals surface area contributed by atoms with E-state index in [0.29, 0.717) is 11.1 Å². The molecule has 0 aliphatic carbocycles. The summed E-state index contributed by atoms with van der Waals surface area (Å²) in [6.45, 7) is -0.193. The first kappa shape index (κ1) is 17.2. The molecule has 3 nitrogen and oxygen atoms in total. The van der Waals surface area contributed by atoms with E-state index >= 15 is 0 Å². The molecule has 0 aliphatic heterocycles. The Bertz CT molecular complexity index is 696. The average Bonchev–Trinajstić information content (AvgIpc) is 2.52. The third-order valence-electron chi connectivity index (χ3n) is 2.90. The minimum absolute atomic E-state index is 0.0579. The van der Waals surface area contributed by atoms with Crippen LogP contribution < -0.4 is 4.74 Å². The van der Waals surface area contributed by atoms with Gasteiger partial charge in [0.25, 0.3) is 0 Å². The number of para-hydroxylation sites is 1. The number of nitrogens with zero attached hydrogens (tertiary/aromatic N) is 1. The number of halogens is 3. The Kier molecular flexibility index (Phi) is 5.53. The molecule has 1 N–H and O–H groups in total. The quantitative estimate of drug-likeness (QED) is 0.826. The topological polar surface area (TPSA) is 53.2 Å². The van der Waals surface area contributed by atoms with E-state index in [1.165, 1.54) is 18.2 Å². The molecule has 2 aromatic carbocycles. The Hall–Kier alpha value is -2.17. The van der Waals surface area contributed by atoms with Crippen molar-refractivity contribution in [3.8, 4) is 11.8 Å². The van der Waals surface area contributed by atoms with Crippen molar-refractivity contribution in [1.29, 1.82) is 5.26 Å². The van der Waals surface area contributed by atoms with Gasteiger partial charge in [0.15, 0.2) is 0 Å². The third-order valence-corrected chi connectivity index (χ3v) is 3.68. The van der Waals surface area contributed by atoms with E-state index in [1.54, 1.807) is 30.3 Å². The highest BCUT2D eigenvalue weighted by molar-refractivity contribution is 8.00. The largest absolute Gasteiger partial charge is 0.489 e. The Morgan fingerprint density at radius 3 is 2.39 bits per heavy atom. The summed E-state index contributed by atoms with van der Waals surface area (Å²) in [6, 6.07) is 14.0. The normalized spacial score (nSPS) is 12.5. The Labute approximate surface area is 135 Å². The minimum atomic E-state index is -4.41. The standard InChI is InChI=1S/C16H12F3NO2S/c17-16(18,19)23-15-4-2-1-3-14(15)22-10-13(21)12-7-5-11(9-20)6-8-12/h1-8,13,21H,10H2. The number of hydrogen-bond donors (Lipinski definition) is 1. The molecule has 0 aromatic heterocycles. The second kappa shape index (κ2) is 7.40. The maximum atomic E-state index is 12.5. The average molecular weight is 339 g/mol. The monoisotopic (exact) mass is 339 g/mol. The van der Waals surface area contributed by atoms with Crippen molar-refractivity contribution in [2.45, 2.75) is 16.5 Å². The predicted octanol–water partition coefficient (Wildman–Crippen LogP) is 4.28. The number of alkyl halides is 3. The van der Waals surface area contributed by atoms with Gasteiger partial charge in [-0.1, -0.05) is 24.3 Å². The summed E-state index contributed by atoms with van der Waals surface area (Å²) in [6.07, 6.45) is -1.01. The van der Waals surface area contributed by atoms with Crippen LogP contribution in [0.25, 0.3) is 0 Å². The van der Waals surface area contributed by atoms with E-state index < -0.39 is 11.6 Å². The maximum Gasteiger partial charge on any atom is 0.446 e. The second-order valence-electron chi connectivity index (χ2n) is 4.56. The van der Waals surface area contributed by atoms with Crippen molar-refractivity contribution in [3.05, 3.63) is 59.7 Å². The third kappa shape index (κ3) is 5.20. The van der Waals surface area contributed by atoms with Crippen LogP contribution in [0.2, 0.25) is 0 Å². The van der Waals surface area contributed by atoms with Gasteiger partial charge in [0.2, 0.25) is 0 Å². The van der Waals surface area contributed by atoms with Gasteiger partial charge in [0.1, 0.15) is 18.5 Å². The number of hydrogen-bond acceptors (Lipinski definition) is 4. The van der Waals surface area contributed by atoms with Gasteiger partial charge in [-0.3, -0.25) is 0 Å². The van der Waals surface area contributed by atoms with Gasteiger partial charge in [0, 0.05) is 0 Å². The van der Waals surface area contributed by atoms with Crippen LogP contribution in [-0.2, 0) is 0 Å². The first-order valence-electron chi connectivity index (χ1n) is 6.55. The van der Waals surface area contributed by atoms with Crippen LogP contribution in [0.4, 0.5) is 13.2 Å². The van der Waals surface area contributed by atoms with E-state index in [9.17, 15) is 18.3 Å². The molecule has 120 valence electrons. The predicted molar refractivity (Wildman–Crippen MR) is 80.0 cm³/mol. The molecule has 0 saturated heterocycles. The van der Waals surface area contributed by atoms with Gasteiger partial charge in [-0.2, -0.15) is 18.4 Å². The van der Waals surface area contributed by atoms with Crippen molar-refractivity contribution < 1.29 is 23.0 Å². The molecule has 0 heterocycles. The number of benzene rings is 2. The Morgan fingerprint density at radius 1 is 1.13 bits per heavy atom. The van der Waals surface area contributed by atoms with Gasteiger partial charge in [-0.05, 0) is 41.6 Å². The number of aliphatic hydroxyl groups excluding tert-OH is 1. The van der Waals surface area contributed by atoms with E-state index in [2.05, 4.69) is 0 Å². The molecule has 2 rings (SSSR count). The number of rotatable bonds is 5. The number of aliphatic hydroxyl groups is 1. The van der Waals surface area contributed by atoms with Crippen molar-refractivity contribution in [3.63, 3.8) is 0 Å². The summed E-state index contributed by atoms with van der Waals surface area (Å²) in [7, 11) is 0. The van der Waals surface area contributed by atoms with Gasteiger partial charge in [-0.25, -0.2) is 0 Å². The lowest BCUT2D eigenvalue weighted by atomic mass is 10.1. The summed E-state index contributed by atoms with van der Waals surface area (Å²) >= 11 is -0.263. The fourth-order valence-electron chi connectivity index (χ4n) is 1.82. The number of ether oxygens (including phenoxy) is 1. The lowest BCUT2D eigenvalue weighted by molar-refractivity contribution is -0.0329. The SMILES string of the molecule is N#Cc1ccc(C(O)COc2ccccc2SC(F)(F)F)cc1. The molecule has 1 atom stereocenters. The Balaban J connectivity index is 2.04. The summed E-state index contributed by atoms with van der Waals surface area (Å²) in [5.41, 5.74) is -3.44. The summed E-state index contributed by atoms with van der Waals surface area (Å²) in [4.78, 5) is -0.0629. The zero-order valence-corrected chi connectivity index (χ0v) is 12.6.